The summed E-state index contributed by atoms with van der Waals surface area (Å²) in [4.78, 5) is 76.5. The zero-order chi connectivity index (χ0) is 39.7. The highest BCUT2D eigenvalue weighted by Crippen LogP contribution is 2.53. The van der Waals surface area contributed by atoms with Gasteiger partial charge in [0, 0.05) is 50.0 Å². The standard InChI is InChI=1S/C37H58O15/c1-19(2)12-27(39)50-30(22(7)8)33(42)46-16-25-17-47-35(52-29(41)14-21(5)6)32-36(25,44)15-26(49-24(11)38)37(32,45)18-48-34(43)31(23(9)10)51-28(40)13-20(3)4/h17,19-23,26,30-32,35,44-45H,12-16,18H2,1-11H3/t26-,30-,31-,32-,35-,36-,37-/m0/s1. The van der Waals surface area contributed by atoms with Crippen LogP contribution in [0, 0.1) is 35.5 Å². The molecule has 1 saturated carbocycles. The monoisotopic (exact) mass is 742 g/mol. The van der Waals surface area contributed by atoms with E-state index >= 15 is 0 Å². The van der Waals surface area contributed by atoms with Crippen LogP contribution >= 0.6 is 0 Å². The topological polar surface area (TPSA) is 207 Å². The zero-order valence-electron chi connectivity index (χ0n) is 32.3. The first-order valence-corrected chi connectivity index (χ1v) is 17.9. The van der Waals surface area contributed by atoms with Crippen LogP contribution in [0.3, 0.4) is 0 Å². The summed E-state index contributed by atoms with van der Waals surface area (Å²) in [6.45, 7) is 16.9. The minimum absolute atomic E-state index is 0.0173. The van der Waals surface area contributed by atoms with Crippen LogP contribution in [0.4, 0.5) is 0 Å². The molecule has 2 N–H and O–H groups in total. The second-order valence-electron chi connectivity index (χ2n) is 15.7. The van der Waals surface area contributed by atoms with E-state index in [2.05, 4.69) is 0 Å². The number of hydrogen-bond donors (Lipinski definition) is 2. The molecule has 0 aromatic carbocycles. The molecule has 0 aromatic rings. The second-order valence-corrected chi connectivity index (χ2v) is 15.7. The van der Waals surface area contributed by atoms with E-state index in [1.54, 1.807) is 41.5 Å². The van der Waals surface area contributed by atoms with Crippen molar-refractivity contribution in [2.45, 2.75) is 138 Å². The molecule has 0 amide bonds. The Hall–Kier alpha value is -3.72. The molecule has 1 fully saturated rings. The second kappa shape index (κ2) is 18.9. The summed E-state index contributed by atoms with van der Waals surface area (Å²) in [5.41, 5.74) is -4.80. The van der Waals surface area contributed by atoms with Crippen molar-refractivity contribution in [1.29, 1.82) is 0 Å². The number of fused-ring (bicyclic) bond motifs is 1. The van der Waals surface area contributed by atoms with Crippen LogP contribution in [-0.4, -0.2) is 95.0 Å². The number of hydrogen-bond acceptors (Lipinski definition) is 15. The van der Waals surface area contributed by atoms with Gasteiger partial charge < -0.3 is 43.4 Å². The number of carbonyl (C=O) groups excluding carboxylic acids is 6. The average Bonchev–Trinajstić information content (AvgIpc) is 3.21. The van der Waals surface area contributed by atoms with Gasteiger partial charge in [-0.3, -0.25) is 19.2 Å². The fourth-order valence-corrected chi connectivity index (χ4v) is 6.07. The lowest BCUT2D eigenvalue weighted by Crippen LogP contribution is -2.60. The van der Waals surface area contributed by atoms with E-state index in [0.717, 1.165) is 13.2 Å². The van der Waals surface area contributed by atoms with Crippen LogP contribution in [-0.2, 0) is 61.9 Å². The summed E-state index contributed by atoms with van der Waals surface area (Å²) < 4.78 is 38.6. The van der Waals surface area contributed by atoms with Gasteiger partial charge in [-0.1, -0.05) is 69.2 Å². The Kier molecular flexibility index (Phi) is 16.1. The summed E-state index contributed by atoms with van der Waals surface area (Å²) >= 11 is 0. The Labute approximate surface area is 306 Å². The molecule has 0 unspecified atom stereocenters. The Bertz CT molecular complexity index is 1320. The van der Waals surface area contributed by atoms with Crippen LogP contribution in [0.1, 0.15) is 102 Å². The average molecular weight is 743 g/mol. The van der Waals surface area contributed by atoms with Crippen LogP contribution < -0.4 is 0 Å². The Morgan fingerprint density at radius 1 is 0.731 bits per heavy atom. The molecule has 0 radical (unpaired) electrons. The van der Waals surface area contributed by atoms with Gasteiger partial charge in [0.1, 0.15) is 36.4 Å². The minimum atomic E-state index is -2.46. The van der Waals surface area contributed by atoms with Crippen LogP contribution in [0.15, 0.2) is 11.8 Å². The molecule has 2 rings (SSSR count). The lowest BCUT2D eigenvalue weighted by Gasteiger charge is -2.44. The quantitative estimate of drug-likeness (QED) is 0.152. The zero-order valence-corrected chi connectivity index (χ0v) is 32.3. The van der Waals surface area contributed by atoms with E-state index < -0.39 is 109 Å². The van der Waals surface area contributed by atoms with Crippen molar-refractivity contribution in [3.63, 3.8) is 0 Å². The van der Waals surface area contributed by atoms with Gasteiger partial charge in [0.15, 0.2) is 0 Å². The summed E-state index contributed by atoms with van der Waals surface area (Å²) in [6, 6.07) is 0. The molecule has 1 aliphatic heterocycles. The molecule has 52 heavy (non-hydrogen) atoms. The Morgan fingerprint density at radius 3 is 1.63 bits per heavy atom. The van der Waals surface area contributed by atoms with Crippen molar-refractivity contribution in [1.82, 2.24) is 0 Å². The fraction of sp³-hybridized carbons (Fsp3) is 0.784. The van der Waals surface area contributed by atoms with Crippen molar-refractivity contribution in [3.8, 4) is 0 Å². The number of carbonyl (C=O) groups is 6. The van der Waals surface area contributed by atoms with E-state index in [1.165, 1.54) is 0 Å². The third-order valence-corrected chi connectivity index (χ3v) is 8.57. The summed E-state index contributed by atoms with van der Waals surface area (Å²) in [5, 5.41) is 24.7. The third-order valence-electron chi connectivity index (χ3n) is 8.57. The first-order chi connectivity index (χ1) is 24.0. The lowest BCUT2D eigenvalue weighted by molar-refractivity contribution is -0.242. The first-order valence-electron chi connectivity index (χ1n) is 17.9. The number of rotatable bonds is 18. The number of aliphatic hydroxyl groups is 2. The normalized spacial score (nSPS) is 25.2. The van der Waals surface area contributed by atoms with Gasteiger partial charge in [-0.2, -0.15) is 0 Å². The van der Waals surface area contributed by atoms with Crippen LogP contribution in [0.5, 0.6) is 0 Å². The van der Waals surface area contributed by atoms with Crippen molar-refractivity contribution in [2.75, 3.05) is 13.2 Å². The Morgan fingerprint density at radius 2 is 1.19 bits per heavy atom. The van der Waals surface area contributed by atoms with Crippen LogP contribution in [0.2, 0.25) is 0 Å². The highest BCUT2D eigenvalue weighted by molar-refractivity contribution is 5.80. The molecule has 15 nitrogen and oxygen atoms in total. The van der Waals surface area contributed by atoms with E-state index in [9.17, 15) is 39.0 Å². The first kappa shape index (κ1) is 44.4. The van der Waals surface area contributed by atoms with Crippen molar-refractivity contribution < 1.29 is 72.1 Å². The van der Waals surface area contributed by atoms with Crippen LogP contribution in [0.25, 0.3) is 0 Å². The van der Waals surface area contributed by atoms with Gasteiger partial charge in [0.05, 0.1) is 6.26 Å². The maximum absolute atomic E-state index is 13.3. The smallest absolute Gasteiger partial charge is 0.348 e. The van der Waals surface area contributed by atoms with Crippen molar-refractivity contribution >= 4 is 35.8 Å². The largest absolute Gasteiger partial charge is 0.462 e. The van der Waals surface area contributed by atoms with E-state index in [1.807, 2.05) is 27.7 Å². The van der Waals surface area contributed by atoms with Gasteiger partial charge in [0.25, 0.3) is 6.29 Å². The molecule has 1 heterocycles. The molecule has 0 bridgehead atoms. The van der Waals surface area contributed by atoms with Gasteiger partial charge in [-0.15, -0.1) is 0 Å². The molecule has 7 atom stereocenters. The van der Waals surface area contributed by atoms with Crippen molar-refractivity contribution in [3.05, 3.63) is 11.8 Å². The SMILES string of the molecule is CC(=O)O[C@H]1C[C@]2(O)C(COC(=O)[C@@H](OC(=O)CC(C)C)C(C)C)=CO[C@@H](OC(=O)CC(C)C)[C@@H]2[C@]1(O)COC(=O)[C@@H](OC(=O)CC(C)C)C(C)C. The number of esters is 6. The predicted molar refractivity (Wildman–Crippen MR) is 182 cm³/mol. The lowest BCUT2D eigenvalue weighted by atomic mass is 9.77. The van der Waals surface area contributed by atoms with Gasteiger partial charge in [0.2, 0.25) is 12.2 Å². The van der Waals surface area contributed by atoms with Gasteiger partial charge in [-0.05, 0) is 17.8 Å². The highest BCUT2D eigenvalue weighted by atomic mass is 16.7. The summed E-state index contributed by atoms with van der Waals surface area (Å²) in [7, 11) is 0. The maximum Gasteiger partial charge on any atom is 0.348 e. The molecule has 1 aliphatic carbocycles. The Balaban J connectivity index is 2.50. The molecule has 296 valence electrons. The number of ether oxygens (including phenoxy) is 7. The molecular formula is C37H58O15. The van der Waals surface area contributed by atoms with Gasteiger partial charge in [-0.25, -0.2) is 9.59 Å². The highest BCUT2D eigenvalue weighted by Gasteiger charge is 2.70. The molecule has 0 aromatic heterocycles. The fourth-order valence-electron chi connectivity index (χ4n) is 6.07. The molecule has 0 saturated heterocycles. The van der Waals surface area contributed by atoms with E-state index in [0.29, 0.717) is 0 Å². The van der Waals surface area contributed by atoms with Gasteiger partial charge >= 0.3 is 35.8 Å². The molecule has 15 heteroatoms. The summed E-state index contributed by atoms with van der Waals surface area (Å²) in [5.74, 6) is -7.61. The van der Waals surface area contributed by atoms with E-state index in [4.69, 9.17) is 33.2 Å². The molecular weight excluding hydrogens is 684 g/mol. The summed E-state index contributed by atoms with van der Waals surface area (Å²) in [6.07, 6.45) is -5.32. The third kappa shape index (κ3) is 11.9. The predicted octanol–water partition coefficient (Wildman–Crippen LogP) is 3.54. The molecule has 0 spiro atoms. The maximum atomic E-state index is 13.3. The van der Waals surface area contributed by atoms with Crippen molar-refractivity contribution in [2.24, 2.45) is 35.5 Å². The minimum Gasteiger partial charge on any atom is -0.462 e. The molecule has 2 aliphatic rings. The van der Waals surface area contributed by atoms with E-state index in [-0.39, 0.29) is 42.6 Å².